The second kappa shape index (κ2) is 10.3. The lowest BCUT2D eigenvalue weighted by Crippen LogP contribution is -3.07. The lowest BCUT2D eigenvalue weighted by molar-refractivity contribution is -0.894. The minimum absolute atomic E-state index is 0.421. The first-order valence-corrected chi connectivity index (χ1v) is 10.9. The number of rotatable bonds is 10. The molecule has 0 radical (unpaired) electrons. The largest absolute Gasteiger partial charge is 0.493 e. The van der Waals surface area contributed by atoms with Crippen LogP contribution in [-0.4, -0.2) is 30.5 Å². The molecule has 0 bridgehead atoms. The van der Waals surface area contributed by atoms with Crippen LogP contribution in [0.4, 0.5) is 0 Å². The summed E-state index contributed by atoms with van der Waals surface area (Å²) >= 11 is 0. The Kier molecular flexibility index (Phi) is 7.00. The number of nitrogens with one attached hydrogen (secondary N) is 1. The summed E-state index contributed by atoms with van der Waals surface area (Å²) in [6.45, 7) is 2.32. The van der Waals surface area contributed by atoms with E-state index in [-0.39, 0.29) is 0 Å². The molecule has 0 aliphatic rings. The van der Waals surface area contributed by atoms with Crippen LogP contribution in [0.15, 0.2) is 102 Å². The minimum Gasteiger partial charge on any atom is -0.493 e. The summed E-state index contributed by atoms with van der Waals surface area (Å²) in [5, 5.41) is 16.1. The molecule has 5 nitrogen and oxygen atoms in total. The third-order valence-corrected chi connectivity index (χ3v) is 5.54. The number of para-hydroxylation sites is 1. The maximum atomic E-state index is 11.8. The van der Waals surface area contributed by atoms with Crippen molar-refractivity contribution in [1.82, 2.24) is 5.16 Å². The van der Waals surface area contributed by atoms with Crippen LogP contribution < -0.4 is 9.64 Å². The van der Waals surface area contributed by atoms with Crippen LogP contribution in [0.2, 0.25) is 0 Å². The Hall–Kier alpha value is -3.41. The van der Waals surface area contributed by atoms with Gasteiger partial charge in [-0.15, -0.1) is 0 Å². The molecule has 3 aromatic carbocycles. The second-order valence-electron chi connectivity index (χ2n) is 8.02. The maximum absolute atomic E-state index is 11.8. The molecule has 32 heavy (non-hydrogen) atoms. The van der Waals surface area contributed by atoms with E-state index in [1.807, 2.05) is 97.1 Å². The van der Waals surface area contributed by atoms with Gasteiger partial charge in [-0.2, -0.15) is 0 Å². The summed E-state index contributed by atoms with van der Waals surface area (Å²) < 4.78 is 11.5. The van der Waals surface area contributed by atoms with E-state index in [1.54, 1.807) is 0 Å². The number of hydrogen-bond acceptors (Lipinski definition) is 4. The molecule has 0 saturated carbocycles. The van der Waals surface area contributed by atoms with E-state index < -0.39 is 5.60 Å². The highest BCUT2D eigenvalue weighted by Gasteiger charge is 2.38. The van der Waals surface area contributed by atoms with Crippen molar-refractivity contribution in [3.63, 3.8) is 0 Å². The molecule has 0 amide bonds. The molecular weight excluding hydrogens is 400 g/mol. The van der Waals surface area contributed by atoms with Crippen molar-refractivity contribution in [1.29, 1.82) is 0 Å². The Balaban J connectivity index is 1.42. The van der Waals surface area contributed by atoms with E-state index >= 15 is 0 Å². The molecular formula is C27H29N2O3+. The standard InChI is InChI=1S/C27H28N2O3/c1-29(18-11-19-31-25-16-9-4-10-17-25)21-24-20-26(32-28-24)27(30,22-12-5-2-6-13-22)23-14-7-3-8-15-23/h2-10,12-17,20,30H,11,18-19,21H2,1H3/p+1. The van der Waals surface area contributed by atoms with Crippen molar-refractivity contribution >= 4 is 0 Å². The Morgan fingerprint density at radius 1 is 0.875 bits per heavy atom. The van der Waals surface area contributed by atoms with E-state index in [4.69, 9.17) is 9.26 Å². The van der Waals surface area contributed by atoms with E-state index in [1.165, 1.54) is 4.90 Å². The summed E-state index contributed by atoms with van der Waals surface area (Å²) in [6, 6.07) is 30.8. The molecule has 0 aliphatic carbocycles. The van der Waals surface area contributed by atoms with Crippen molar-refractivity contribution in [3.05, 3.63) is 120 Å². The van der Waals surface area contributed by atoms with Crippen LogP contribution in [0.25, 0.3) is 0 Å². The molecule has 4 aromatic rings. The molecule has 1 aromatic heterocycles. The predicted molar refractivity (Wildman–Crippen MR) is 123 cm³/mol. The van der Waals surface area contributed by atoms with Crippen molar-refractivity contribution in [3.8, 4) is 5.75 Å². The van der Waals surface area contributed by atoms with E-state index in [0.29, 0.717) is 18.9 Å². The van der Waals surface area contributed by atoms with Gasteiger partial charge in [0.05, 0.1) is 20.2 Å². The Morgan fingerprint density at radius 3 is 2.03 bits per heavy atom. The number of quaternary nitrogens is 1. The number of benzene rings is 3. The topological polar surface area (TPSA) is 59.9 Å². The predicted octanol–water partition coefficient (Wildman–Crippen LogP) is 3.44. The number of aliphatic hydroxyl groups is 1. The molecule has 4 rings (SSSR count). The van der Waals surface area contributed by atoms with Crippen LogP contribution in [0.1, 0.15) is 29.0 Å². The van der Waals surface area contributed by atoms with Crippen molar-refractivity contribution in [2.24, 2.45) is 0 Å². The van der Waals surface area contributed by atoms with Gasteiger partial charge in [-0.1, -0.05) is 84.0 Å². The van der Waals surface area contributed by atoms with Gasteiger partial charge in [-0.25, -0.2) is 0 Å². The molecule has 1 atom stereocenters. The second-order valence-corrected chi connectivity index (χ2v) is 8.02. The first-order valence-electron chi connectivity index (χ1n) is 10.9. The average molecular weight is 430 g/mol. The van der Waals surface area contributed by atoms with Gasteiger partial charge in [0.1, 0.15) is 18.0 Å². The van der Waals surface area contributed by atoms with Crippen LogP contribution in [0, 0.1) is 0 Å². The lowest BCUT2D eigenvalue weighted by atomic mass is 9.84. The van der Waals surface area contributed by atoms with Gasteiger partial charge >= 0.3 is 0 Å². The first-order chi connectivity index (χ1) is 15.7. The van der Waals surface area contributed by atoms with E-state index in [9.17, 15) is 5.11 Å². The molecule has 0 spiro atoms. The third kappa shape index (κ3) is 5.07. The zero-order chi connectivity index (χ0) is 22.2. The number of aromatic nitrogens is 1. The maximum Gasteiger partial charge on any atom is 0.178 e. The van der Waals surface area contributed by atoms with Gasteiger partial charge in [0, 0.05) is 12.5 Å². The van der Waals surface area contributed by atoms with Gasteiger partial charge in [0.2, 0.25) is 0 Å². The van der Waals surface area contributed by atoms with Crippen molar-refractivity contribution in [2.45, 2.75) is 18.6 Å². The van der Waals surface area contributed by atoms with Crippen LogP contribution in [-0.2, 0) is 12.1 Å². The van der Waals surface area contributed by atoms with Gasteiger partial charge in [0.25, 0.3) is 0 Å². The molecule has 1 unspecified atom stereocenters. The molecule has 1 heterocycles. The Bertz CT molecular complexity index is 1040. The molecule has 164 valence electrons. The number of ether oxygens (including phenoxy) is 1. The van der Waals surface area contributed by atoms with Crippen LogP contribution in [0.3, 0.4) is 0 Å². The van der Waals surface area contributed by atoms with Gasteiger partial charge in [-0.05, 0) is 23.3 Å². The fourth-order valence-corrected chi connectivity index (χ4v) is 3.85. The summed E-state index contributed by atoms with van der Waals surface area (Å²) in [5.74, 6) is 1.32. The van der Waals surface area contributed by atoms with Crippen LogP contribution in [0.5, 0.6) is 5.75 Å². The number of hydrogen-bond donors (Lipinski definition) is 2. The fourth-order valence-electron chi connectivity index (χ4n) is 3.85. The monoisotopic (exact) mass is 429 g/mol. The van der Waals surface area contributed by atoms with Crippen molar-refractivity contribution < 1.29 is 19.3 Å². The SMILES string of the molecule is C[NH+](CCCOc1ccccc1)Cc1cc(C(O)(c2ccccc2)c2ccccc2)on1. The molecule has 2 N–H and O–H groups in total. The quantitative estimate of drug-likeness (QED) is 0.379. The molecule has 5 heteroatoms. The van der Waals surface area contributed by atoms with Gasteiger partial charge in [0.15, 0.2) is 11.4 Å². The zero-order valence-electron chi connectivity index (χ0n) is 18.3. The lowest BCUT2D eigenvalue weighted by Gasteiger charge is -2.26. The van der Waals surface area contributed by atoms with E-state index in [0.717, 1.165) is 35.5 Å². The third-order valence-electron chi connectivity index (χ3n) is 5.54. The normalized spacial score (nSPS) is 12.4. The highest BCUT2D eigenvalue weighted by molar-refractivity contribution is 5.43. The molecule has 0 saturated heterocycles. The highest BCUT2D eigenvalue weighted by Crippen LogP contribution is 2.36. The Morgan fingerprint density at radius 2 is 1.44 bits per heavy atom. The van der Waals surface area contributed by atoms with Crippen LogP contribution >= 0.6 is 0 Å². The average Bonchev–Trinajstić information content (AvgIpc) is 3.32. The summed E-state index contributed by atoms with van der Waals surface area (Å²) in [4.78, 5) is 1.30. The molecule has 0 aliphatic heterocycles. The fraction of sp³-hybridized carbons (Fsp3) is 0.222. The minimum atomic E-state index is -1.40. The summed E-state index contributed by atoms with van der Waals surface area (Å²) in [6.07, 6.45) is 0.934. The van der Waals surface area contributed by atoms with Gasteiger partial charge in [-0.3, -0.25) is 0 Å². The summed E-state index contributed by atoms with van der Waals surface area (Å²) in [7, 11) is 2.12. The number of nitrogens with zero attached hydrogens (tertiary/aromatic N) is 1. The van der Waals surface area contributed by atoms with Crippen molar-refractivity contribution in [2.75, 3.05) is 20.2 Å². The smallest absolute Gasteiger partial charge is 0.178 e. The van der Waals surface area contributed by atoms with Gasteiger partial charge < -0.3 is 19.3 Å². The summed E-state index contributed by atoms with van der Waals surface area (Å²) in [5.41, 5.74) is 0.901. The van der Waals surface area contributed by atoms with E-state index in [2.05, 4.69) is 12.2 Å². The molecule has 0 fully saturated rings. The zero-order valence-corrected chi connectivity index (χ0v) is 18.3. The highest BCUT2D eigenvalue weighted by atomic mass is 16.5. The first kappa shape index (κ1) is 21.8. The Labute approximate surface area is 188 Å².